The third kappa shape index (κ3) is 1.38. The number of phenolic OH excluding ortho intramolecular Hbond substituents is 1. The summed E-state index contributed by atoms with van der Waals surface area (Å²) in [4.78, 5) is 10.5. The first-order chi connectivity index (χ1) is 6.68. The van der Waals surface area contributed by atoms with Crippen molar-refractivity contribution < 1.29 is 15.0 Å². The number of amides is 1. The van der Waals surface area contributed by atoms with E-state index in [-0.39, 0.29) is 5.75 Å². The second kappa shape index (κ2) is 3.19. The number of thiophene rings is 1. The summed E-state index contributed by atoms with van der Waals surface area (Å²) < 4.78 is 0.743. The average Bonchev–Trinajstić information content (AvgIpc) is 2.58. The number of hydrogen-bond donors (Lipinski definition) is 3. The Balaban J connectivity index is 2.60. The molecule has 0 fully saturated rings. The third-order valence-corrected chi connectivity index (χ3v) is 2.78. The quantitative estimate of drug-likeness (QED) is 0.632. The molecule has 3 N–H and O–H groups in total. The van der Waals surface area contributed by atoms with Crippen molar-refractivity contribution in [1.29, 1.82) is 0 Å². The zero-order valence-corrected chi connectivity index (χ0v) is 7.84. The van der Waals surface area contributed by atoms with Crippen molar-refractivity contribution >= 4 is 33.2 Å². The minimum Gasteiger partial charge on any atom is -0.507 e. The minimum atomic E-state index is -1.11. The molecule has 0 aliphatic carbocycles. The molecule has 14 heavy (non-hydrogen) atoms. The fourth-order valence-corrected chi connectivity index (χ4v) is 2.15. The van der Waals surface area contributed by atoms with Gasteiger partial charge in [0.15, 0.2) is 0 Å². The van der Waals surface area contributed by atoms with Crippen molar-refractivity contribution in [2.45, 2.75) is 0 Å². The van der Waals surface area contributed by atoms with Crippen molar-refractivity contribution in [1.82, 2.24) is 0 Å². The summed E-state index contributed by atoms with van der Waals surface area (Å²) in [6, 6.07) is 4.77. The SMILES string of the molecule is O=C(O)Nc1ccc(O)c2ccsc12. The van der Waals surface area contributed by atoms with E-state index in [4.69, 9.17) is 5.11 Å². The van der Waals surface area contributed by atoms with Crippen molar-refractivity contribution in [2.75, 3.05) is 5.32 Å². The van der Waals surface area contributed by atoms with Crippen LogP contribution in [0.1, 0.15) is 0 Å². The molecular weight excluding hydrogens is 202 g/mol. The van der Waals surface area contributed by atoms with Gasteiger partial charge in [-0.25, -0.2) is 4.79 Å². The van der Waals surface area contributed by atoms with Crippen LogP contribution in [0, 0.1) is 0 Å². The summed E-state index contributed by atoms with van der Waals surface area (Å²) in [5, 5.41) is 22.8. The number of carbonyl (C=O) groups is 1. The Morgan fingerprint density at radius 2 is 2.14 bits per heavy atom. The Morgan fingerprint density at radius 1 is 1.36 bits per heavy atom. The summed E-state index contributed by atoms with van der Waals surface area (Å²) in [5.41, 5.74) is 0.500. The number of benzene rings is 1. The van der Waals surface area contributed by atoms with Crippen LogP contribution in [0.2, 0.25) is 0 Å². The maximum absolute atomic E-state index is 10.5. The number of phenols is 1. The first-order valence-corrected chi connectivity index (χ1v) is 4.75. The van der Waals surface area contributed by atoms with E-state index in [1.54, 1.807) is 17.5 Å². The maximum Gasteiger partial charge on any atom is 0.409 e. The molecule has 4 nitrogen and oxygen atoms in total. The Kier molecular flexibility index (Phi) is 2.01. The zero-order valence-electron chi connectivity index (χ0n) is 7.02. The van der Waals surface area contributed by atoms with Crippen LogP contribution in [0.15, 0.2) is 23.6 Å². The van der Waals surface area contributed by atoms with Gasteiger partial charge >= 0.3 is 6.09 Å². The van der Waals surface area contributed by atoms with Gasteiger partial charge in [0, 0.05) is 5.39 Å². The van der Waals surface area contributed by atoms with Gasteiger partial charge in [0.2, 0.25) is 0 Å². The molecule has 2 aromatic rings. The number of hydrogen-bond acceptors (Lipinski definition) is 3. The minimum absolute atomic E-state index is 0.164. The number of anilines is 1. The summed E-state index contributed by atoms with van der Waals surface area (Å²) in [5.74, 6) is 0.164. The Bertz CT molecular complexity index is 492. The summed E-state index contributed by atoms with van der Waals surface area (Å²) >= 11 is 1.38. The molecule has 0 unspecified atom stereocenters. The van der Waals surface area contributed by atoms with E-state index >= 15 is 0 Å². The molecule has 1 aromatic carbocycles. The van der Waals surface area contributed by atoms with Gasteiger partial charge in [0.25, 0.3) is 0 Å². The summed E-state index contributed by atoms with van der Waals surface area (Å²) in [6.07, 6.45) is -1.11. The normalized spacial score (nSPS) is 10.3. The average molecular weight is 209 g/mol. The molecule has 0 saturated heterocycles. The van der Waals surface area contributed by atoms with Crippen molar-refractivity contribution in [2.24, 2.45) is 0 Å². The van der Waals surface area contributed by atoms with Gasteiger partial charge in [-0.15, -0.1) is 11.3 Å². The van der Waals surface area contributed by atoms with E-state index in [2.05, 4.69) is 5.32 Å². The third-order valence-electron chi connectivity index (χ3n) is 1.84. The van der Waals surface area contributed by atoms with E-state index in [1.807, 2.05) is 0 Å². The Hall–Kier alpha value is -1.75. The zero-order chi connectivity index (χ0) is 10.1. The topological polar surface area (TPSA) is 69.6 Å². The van der Waals surface area contributed by atoms with E-state index in [0.29, 0.717) is 11.1 Å². The second-order valence-corrected chi connectivity index (χ2v) is 3.64. The molecule has 0 saturated carbocycles. The van der Waals surface area contributed by atoms with Crippen LogP contribution in [-0.4, -0.2) is 16.3 Å². The molecule has 5 heteroatoms. The molecule has 0 aliphatic heterocycles. The molecule has 0 bridgehead atoms. The van der Waals surface area contributed by atoms with Gasteiger partial charge in [0.1, 0.15) is 5.75 Å². The number of nitrogens with one attached hydrogen (secondary N) is 1. The maximum atomic E-state index is 10.5. The Labute approximate surface area is 83.4 Å². The van der Waals surface area contributed by atoms with Crippen LogP contribution >= 0.6 is 11.3 Å². The van der Waals surface area contributed by atoms with Crippen molar-refractivity contribution in [3.05, 3.63) is 23.6 Å². The largest absolute Gasteiger partial charge is 0.507 e. The van der Waals surface area contributed by atoms with Gasteiger partial charge in [0.05, 0.1) is 10.4 Å². The molecule has 1 aromatic heterocycles. The van der Waals surface area contributed by atoms with Crippen LogP contribution in [0.3, 0.4) is 0 Å². The first-order valence-electron chi connectivity index (χ1n) is 3.87. The molecular formula is C9H7NO3S. The van der Waals surface area contributed by atoms with Crippen LogP contribution in [0.4, 0.5) is 10.5 Å². The Morgan fingerprint density at radius 3 is 2.86 bits per heavy atom. The van der Waals surface area contributed by atoms with E-state index in [1.165, 1.54) is 17.4 Å². The van der Waals surface area contributed by atoms with Crippen molar-refractivity contribution in [3.8, 4) is 5.75 Å². The fourth-order valence-electron chi connectivity index (χ4n) is 1.26. The van der Waals surface area contributed by atoms with Gasteiger partial charge in [-0.3, -0.25) is 5.32 Å². The van der Waals surface area contributed by atoms with E-state index in [0.717, 1.165) is 4.70 Å². The highest BCUT2D eigenvalue weighted by molar-refractivity contribution is 7.18. The summed E-state index contributed by atoms with van der Waals surface area (Å²) in [6.45, 7) is 0. The van der Waals surface area contributed by atoms with Gasteiger partial charge in [-0.2, -0.15) is 0 Å². The fraction of sp³-hybridized carbons (Fsp3) is 0. The molecule has 2 rings (SSSR count). The molecule has 72 valence electrons. The molecule has 0 atom stereocenters. The molecule has 0 radical (unpaired) electrons. The highest BCUT2D eigenvalue weighted by atomic mass is 32.1. The lowest BCUT2D eigenvalue weighted by molar-refractivity contribution is 0.210. The van der Waals surface area contributed by atoms with Gasteiger partial charge < -0.3 is 10.2 Å². The second-order valence-electron chi connectivity index (χ2n) is 2.73. The van der Waals surface area contributed by atoms with E-state index < -0.39 is 6.09 Å². The number of aromatic hydroxyl groups is 1. The monoisotopic (exact) mass is 209 g/mol. The standard InChI is InChI=1S/C9H7NO3S/c11-7-2-1-6(10-9(12)13)8-5(7)3-4-14-8/h1-4,10-11H,(H,12,13). The van der Waals surface area contributed by atoms with Crippen molar-refractivity contribution in [3.63, 3.8) is 0 Å². The smallest absolute Gasteiger partial charge is 0.409 e. The predicted molar refractivity (Wildman–Crippen MR) is 55.1 cm³/mol. The summed E-state index contributed by atoms with van der Waals surface area (Å²) in [7, 11) is 0. The molecule has 0 aliphatic rings. The lowest BCUT2D eigenvalue weighted by Gasteiger charge is -2.03. The first kappa shape index (κ1) is 8.83. The van der Waals surface area contributed by atoms with Crippen LogP contribution < -0.4 is 5.32 Å². The highest BCUT2D eigenvalue weighted by Gasteiger charge is 2.07. The van der Waals surface area contributed by atoms with Crippen LogP contribution in [0.5, 0.6) is 5.75 Å². The van der Waals surface area contributed by atoms with Crippen LogP contribution in [-0.2, 0) is 0 Å². The van der Waals surface area contributed by atoms with Crippen LogP contribution in [0.25, 0.3) is 10.1 Å². The molecule has 1 amide bonds. The lowest BCUT2D eigenvalue weighted by atomic mass is 10.2. The molecule has 1 heterocycles. The number of carboxylic acid groups (broad SMARTS) is 1. The highest BCUT2D eigenvalue weighted by Crippen LogP contribution is 2.34. The van der Waals surface area contributed by atoms with E-state index in [9.17, 15) is 9.90 Å². The predicted octanol–water partition coefficient (Wildman–Crippen LogP) is 2.70. The number of rotatable bonds is 1. The molecule has 0 spiro atoms. The van der Waals surface area contributed by atoms with Gasteiger partial charge in [-0.1, -0.05) is 0 Å². The number of fused-ring (bicyclic) bond motifs is 1. The van der Waals surface area contributed by atoms with Gasteiger partial charge in [-0.05, 0) is 23.6 Å². The lowest BCUT2D eigenvalue weighted by Crippen LogP contribution is -2.06.